The predicted octanol–water partition coefficient (Wildman–Crippen LogP) is 2.42. The van der Waals surface area contributed by atoms with Gasteiger partial charge in [0.1, 0.15) is 0 Å². The van der Waals surface area contributed by atoms with Gasteiger partial charge in [-0.15, -0.1) is 0 Å². The molecule has 0 aromatic heterocycles. The SMILES string of the molecule is CCC1CCN(C(=O)N2CCC(CCC(=O)O)C2)CC1. The zero-order valence-corrected chi connectivity index (χ0v) is 12.4. The average molecular weight is 282 g/mol. The Morgan fingerprint density at radius 2 is 1.65 bits per heavy atom. The van der Waals surface area contributed by atoms with Crippen LogP contribution in [0.1, 0.15) is 45.4 Å². The average Bonchev–Trinajstić information content (AvgIpc) is 2.93. The summed E-state index contributed by atoms with van der Waals surface area (Å²) in [4.78, 5) is 26.9. The van der Waals surface area contributed by atoms with Gasteiger partial charge < -0.3 is 14.9 Å². The standard InChI is InChI=1S/C15H26N2O3/c1-2-12-5-8-16(9-6-12)15(20)17-10-7-13(11-17)3-4-14(18)19/h12-13H,2-11H2,1H3,(H,18,19). The molecule has 2 saturated heterocycles. The van der Waals surface area contributed by atoms with Crippen LogP contribution < -0.4 is 0 Å². The maximum Gasteiger partial charge on any atom is 0.320 e. The van der Waals surface area contributed by atoms with Gasteiger partial charge in [-0.3, -0.25) is 4.79 Å². The molecule has 2 aliphatic rings. The molecule has 2 rings (SSSR count). The first-order valence-corrected chi connectivity index (χ1v) is 7.85. The van der Waals surface area contributed by atoms with Crippen molar-refractivity contribution in [3.05, 3.63) is 0 Å². The van der Waals surface area contributed by atoms with Gasteiger partial charge in [0.25, 0.3) is 0 Å². The second-order valence-electron chi connectivity index (χ2n) is 6.15. The van der Waals surface area contributed by atoms with E-state index in [0.29, 0.717) is 12.3 Å². The number of hydrogen-bond acceptors (Lipinski definition) is 2. The summed E-state index contributed by atoms with van der Waals surface area (Å²) in [5, 5.41) is 8.71. The van der Waals surface area contributed by atoms with Gasteiger partial charge in [-0.25, -0.2) is 4.79 Å². The minimum Gasteiger partial charge on any atom is -0.481 e. The number of carboxylic acids is 1. The second-order valence-corrected chi connectivity index (χ2v) is 6.15. The summed E-state index contributed by atoms with van der Waals surface area (Å²) in [6.07, 6.45) is 5.32. The van der Waals surface area contributed by atoms with Crippen molar-refractivity contribution in [2.45, 2.75) is 45.4 Å². The first-order chi connectivity index (χ1) is 9.60. The minimum absolute atomic E-state index is 0.164. The normalized spacial score (nSPS) is 24.1. The van der Waals surface area contributed by atoms with Crippen LogP contribution in [-0.4, -0.2) is 53.1 Å². The van der Waals surface area contributed by atoms with Crippen LogP contribution in [0.4, 0.5) is 4.79 Å². The van der Waals surface area contributed by atoms with Crippen LogP contribution in [0, 0.1) is 11.8 Å². The lowest BCUT2D eigenvalue weighted by molar-refractivity contribution is -0.137. The molecule has 5 nitrogen and oxygen atoms in total. The third-order valence-electron chi connectivity index (χ3n) is 4.79. The molecule has 0 aromatic carbocycles. The molecule has 0 aliphatic carbocycles. The highest BCUT2D eigenvalue weighted by molar-refractivity contribution is 5.75. The summed E-state index contributed by atoms with van der Waals surface area (Å²) in [5.41, 5.74) is 0. The van der Waals surface area contributed by atoms with E-state index in [-0.39, 0.29) is 12.5 Å². The monoisotopic (exact) mass is 282 g/mol. The number of piperidine rings is 1. The molecule has 2 amide bonds. The van der Waals surface area contributed by atoms with E-state index in [4.69, 9.17) is 5.11 Å². The van der Waals surface area contributed by atoms with Gasteiger partial charge in [-0.2, -0.15) is 0 Å². The molecule has 20 heavy (non-hydrogen) atoms. The maximum atomic E-state index is 12.4. The minimum atomic E-state index is -0.739. The van der Waals surface area contributed by atoms with Gasteiger partial charge in [0, 0.05) is 32.6 Å². The van der Waals surface area contributed by atoms with Crippen molar-refractivity contribution < 1.29 is 14.7 Å². The number of amides is 2. The van der Waals surface area contributed by atoms with Gasteiger partial charge in [-0.05, 0) is 37.5 Å². The molecule has 114 valence electrons. The van der Waals surface area contributed by atoms with Crippen LogP contribution in [0.15, 0.2) is 0 Å². The fourth-order valence-corrected chi connectivity index (χ4v) is 3.30. The Balaban J connectivity index is 1.75. The first-order valence-electron chi connectivity index (χ1n) is 7.85. The summed E-state index contributed by atoms with van der Waals surface area (Å²) in [5.74, 6) is 0.403. The van der Waals surface area contributed by atoms with Crippen molar-refractivity contribution in [3.63, 3.8) is 0 Å². The highest BCUT2D eigenvalue weighted by Crippen LogP contribution is 2.25. The number of aliphatic carboxylic acids is 1. The Bertz CT molecular complexity index is 351. The Kier molecular flexibility index (Phi) is 5.26. The van der Waals surface area contributed by atoms with Gasteiger partial charge in [0.2, 0.25) is 0 Å². The molecule has 2 aliphatic heterocycles. The Hall–Kier alpha value is -1.26. The number of rotatable bonds is 4. The highest BCUT2D eigenvalue weighted by atomic mass is 16.4. The van der Waals surface area contributed by atoms with Gasteiger partial charge in [-0.1, -0.05) is 13.3 Å². The predicted molar refractivity (Wildman–Crippen MR) is 76.5 cm³/mol. The van der Waals surface area contributed by atoms with Gasteiger partial charge in [0.15, 0.2) is 0 Å². The van der Waals surface area contributed by atoms with Crippen molar-refractivity contribution in [1.29, 1.82) is 0 Å². The van der Waals surface area contributed by atoms with Crippen LogP contribution >= 0.6 is 0 Å². The number of carbonyl (C=O) groups excluding carboxylic acids is 1. The lowest BCUT2D eigenvalue weighted by atomic mass is 9.95. The van der Waals surface area contributed by atoms with E-state index in [1.54, 1.807) is 0 Å². The van der Waals surface area contributed by atoms with Crippen molar-refractivity contribution in [1.82, 2.24) is 9.80 Å². The van der Waals surface area contributed by atoms with E-state index in [1.807, 2.05) is 9.80 Å². The van der Waals surface area contributed by atoms with E-state index >= 15 is 0 Å². The van der Waals surface area contributed by atoms with Crippen LogP contribution in [-0.2, 0) is 4.79 Å². The maximum absolute atomic E-state index is 12.4. The lowest BCUT2D eigenvalue weighted by Crippen LogP contribution is -2.45. The molecule has 2 fully saturated rings. The number of urea groups is 1. The zero-order valence-electron chi connectivity index (χ0n) is 12.4. The molecule has 0 bridgehead atoms. The summed E-state index contributed by atoms with van der Waals surface area (Å²) < 4.78 is 0. The van der Waals surface area contributed by atoms with Crippen LogP contribution in [0.2, 0.25) is 0 Å². The molecule has 1 unspecified atom stereocenters. The number of likely N-dealkylation sites (tertiary alicyclic amines) is 2. The first kappa shape index (κ1) is 15.1. The zero-order chi connectivity index (χ0) is 14.5. The molecule has 0 radical (unpaired) electrons. The van der Waals surface area contributed by atoms with E-state index in [0.717, 1.165) is 51.4 Å². The summed E-state index contributed by atoms with van der Waals surface area (Å²) >= 11 is 0. The summed E-state index contributed by atoms with van der Waals surface area (Å²) in [6, 6.07) is 0.164. The van der Waals surface area contributed by atoms with Gasteiger partial charge in [0.05, 0.1) is 0 Å². The van der Waals surface area contributed by atoms with E-state index in [1.165, 1.54) is 6.42 Å². The fourth-order valence-electron chi connectivity index (χ4n) is 3.30. The fraction of sp³-hybridized carbons (Fsp3) is 0.867. The van der Waals surface area contributed by atoms with Crippen molar-refractivity contribution in [2.24, 2.45) is 11.8 Å². The molecular weight excluding hydrogens is 256 g/mol. The van der Waals surface area contributed by atoms with E-state index in [2.05, 4.69) is 6.92 Å². The van der Waals surface area contributed by atoms with Gasteiger partial charge >= 0.3 is 12.0 Å². The Morgan fingerprint density at radius 1 is 1.05 bits per heavy atom. The highest BCUT2D eigenvalue weighted by Gasteiger charge is 2.31. The van der Waals surface area contributed by atoms with E-state index < -0.39 is 5.97 Å². The third kappa shape index (κ3) is 3.87. The molecular formula is C15H26N2O3. The van der Waals surface area contributed by atoms with Crippen molar-refractivity contribution in [2.75, 3.05) is 26.2 Å². The molecule has 0 saturated carbocycles. The lowest BCUT2D eigenvalue weighted by Gasteiger charge is -2.34. The molecule has 2 heterocycles. The third-order valence-corrected chi connectivity index (χ3v) is 4.79. The summed E-state index contributed by atoms with van der Waals surface area (Å²) in [6.45, 7) is 5.51. The molecule has 1 N–H and O–H groups in total. The largest absolute Gasteiger partial charge is 0.481 e. The number of carboxylic acid groups (broad SMARTS) is 1. The molecule has 0 aromatic rings. The van der Waals surface area contributed by atoms with Crippen molar-refractivity contribution in [3.8, 4) is 0 Å². The molecule has 0 spiro atoms. The molecule has 5 heteroatoms. The topological polar surface area (TPSA) is 60.9 Å². The van der Waals surface area contributed by atoms with Crippen LogP contribution in [0.25, 0.3) is 0 Å². The molecule has 1 atom stereocenters. The van der Waals surface area contributed by atoms with Crippen LogP contribution in [0.5, 0.6) is 0 Å². The van der Waals surface area contributed by atoms with Crippen LogP contribution in [0.3, 0.4) is 0 Å². The Morgan fingerprint density at radius 3 is 2.25 bits per heavy atom. The van der Waals surface area contributed by atoms with E-state index in [9.17, 15) is 9.59 Å². The van der Waals surface area contributed by atoms with Crippen molar-refractivity contribution >= 4 is 12.0 Å². The summed E-state index contributed by atoms with van der Waals surface area (Å²) in [7, 11) is 0. The number of nitrogens with zero attached hydrogens (tertiary/aromatic N) is 2. The number of hydrogen-bond donors (Lipinski definition) is 1. The second kappa shape index (κ2) is 6.95. The quantitative estimate of drug-likeness (QED) is 0.861. The number of carbonyl (C=O) groups is 2. The Labute approximate surface area is 120 Å². The smallest absolute Gasteiger partial charge is 0.320 e.